The zero-order valence-corrected chi connectivity index (χ0v) is 10.4. The van der Waals surface area contributed by atoms with Gasteiger partial charge in [-0.05, 0) is 30.9 Å². The average Bonchev–Trinajstić information content (AvgIpc) is 2.64. The Morgan fingerprint density at radius 3 is 2.88 bits per heavy atom. The molecule has 2 N–H and O–H groups in total. The second-order valence-corrected chi connectivity index (χ2v) is 4.88. The molecule has 0 amide bonds. The summed E-state index contributed by atoms with van der Waals surface area (Å²) in [6, 6.07) is 3.27. The van der Waals surface area contributed by atoms with Crippen molar-refractivity contribution in [3.63, 3.8) is 0 Å². The molecule has 1 saturated carbocycles. The first-order chi connectivity index (χ1) is 8.08. The second-order valence-electron chi connectivity index (χ2n) is 4.49. The topological polar surface area (TPSA) is 62.2 Å². The van der Waals surface area contributed by atoms with E-state index in [0.29, 0.717) is 22.9 Å². The Labute approximate surface area is 105 Å². The maximum atomic E-state index is 11.1. The van der Waals surface area contributed by atoms with Crippen LogP contribution in [0.15, 0.2) is 12.1 Å². The van der Waals surface area contributed by atoms with Gasteiger partial charge in [0.1, 0.15) is 16.5 Å². The number of anilines is 1. The number of carboxylic acid groups (broad SMARTS) is 1. The molecule has 0 saturated heterocycles. The highest BCUT2D eigenvalue weighted by atomic mass is 35.5. The van der Waals surface area contributed by atoms with E-state index in [1.54, 1.807) is 0 Å². The van der Waals surface area contributed by atoms with Gasteiger partial charge in [0.25, 0.3) is 0 Å². The van der Waals surface area contributed by atoms with Gasteiger partial charge in [-0.2, -0.15) is 0 Å². The maximum absolute atomic E-state index is 11.1. The van der Waals surface area contributed by atoms with E-state index < -0.39 is 5.97 Å². The molecule has 0 spiro atoms. The van der Waals surface area contributed by atoms with Crippen molar-refractivity contribution in [1.29, 1.82) is 0 Å². The number of carboxylic acids is 1. The lowest BCUT2D eigenvalue weighted by Crippen LogP contribution is -2.24. The molecule has 1 aliphatic rings. The molecule has 0 radical (unpaired) electrons. The van der Waals surface area contributed by atoms with E-state index >= 15 is 0 Å². The number of pyridine rings is 1. The van der Waals surface area contributed by atoms with Crippen LogP contribution in [0.2, 0.25) is 5.15 Å². The lowest BCUT2D eigenvalue weighted by molar-refractivity contribution is 0.0697. The van der Waals surface area contributed by atoms with E-state index in [1.807, 2.05) is 0 Å². The normalized spacial score (nSPS) is 23.6. The predicted molar refractivity (Wildman–Crippen MR) is 66.6 cm³/mol. The van der Waals surface area contributed by atoms with Crippen LogP contribution in [0.25, 0.3) is 0 Å². The Bertz CT molecular complexity index is 437. The van der Waals surface area contributed by atoms with Gasteiger partial charge in [0, 0.05) is 6.04 Å². The van der Waals surface area contributed by atoms with E-state index in [2.05, 4.69) is 17.2 Å². The standard InChI is InChI=1S/C12H15ClN2O2/c1-7-3-2-4-9(7)14-11-8(12(16)17)5-6-10(13)15-11/h5-7,9H,2-4H2,1H3,(H,14,15)(H,16,17). The van der Waals surface area contributed by atoms with E-state index in [1.165, 1.54) is 25.0 Å². The number of nitrogens with one attached hydrogen (secondary N) is 1. The Kier molecular flexibility index (Phi) is 3.52. The fourth-order valence-electron chi connectivity index (χ4n) is 2.25. The number of aromatic nitrogens is 1. The Morgan fingerprint density at radius 1 is 1.53 bits per heavy atom. The molecule has 1 aromatic heterocycles. The van der Waals surface area contributed by atoms with E-state index in [9.17, 15) is 4.79 Å². The molecule has 4 nitrogen and oxygen atoms in total. The Balaban J connectivity index is 2.24. The third-order valence-electron chi connectivity index (χ3n) is 3.28. The molecule has 5 heteroatoms. The highest BCUT2D eigenvalue weighted by Crippen LogP contribution is 2.29. The number of carbonyl (C=O) groups is 1. The number of aromatic carboxylic acids is 1. The summed E-state index contributed by atoms with van der Waals surface area (Å²) in [6.07, 6.45) is 3.39. The molecule has 2 atom stereocenters. The summed E-state index contributed by atoms with van der Waals surface area (Å²) in [6.45, 7) is 2.16. The quantitative estimate of drug-likeness (QED) is 0.814. The minimum absolute atomic E-state index is 0.175. The van der Waals surface area contributed by atoms with Crippen molar-refractivity contribution < 1.29 is 9.90 Å². The molecule has 1 heterocycles. The van der Waals surface area contributed by atoms with Gasteiger partial charge < -0.3 is 10.4 Å². The number of hydrogen-bond donors (Lipinski definition) is 2. The fraction of sp³-hybridized carbons (Fsp3) is 0.500. The molecule has 0 aromatic carbocycles. The SMILES string of the molecule is CC1CCCC1Nc1nc(Cl)ccc1C(=O)O. The van der Waals surface area contributed by atoms with Gasteiger partial charge in [-0.3, -0.25) is 0 Å². The number of nitrogens with zero attached hydrogens (tertiary/aromatic N) is 1. The zero-order valence-electron chi connectivity index (χ0n) is 9.61. The zero-order chi connectivity index (χ0) is 12.4. The van der Waals surface area contributed by atoms with Gasteiger partial charge in [0.15, 0.2) is 0 Å². The van der Waals surface area contributed by atoms with Gasteiger partial charge in [-0.1, -0.05) is 24.9 Å². The highest BCUT2D eigenvalue weighted by Gasteiger charge is 2.25. The largest absolute Gasteiger partial charge is 0.478 e. The Morgan fingerprint density at radius 2 is 2.29 bits per heavy atom. The molecule has 1 fully saturated rings. The van der Waals surface area contributed by atoms with Crippen molar-refractivity contribution in [1.82, 2.24) is 4.98 Å². The summed E-state index contributed by atoms with van der Waals surface area (Å²) in [7, 11) is 0. The van der Waals surface area contributed by atoms with Crippen LogP contribution in [0, 0.1) is 5.92 Å². The lowest BCUT2D eigenvalue weighted by Gasteiger charge is -2.19. The minimum Gasteiger partial charge on any atom is -0.478 e. The van der Waals surface area contributed by atoms with Gasteiger partial charge in [-0.25, -0.2) is 9.78 Å². The fourth-order valence-corrected chi connectivity index (χ4v) is 2.40. The summed E-state index contributed by atoms with van der Waals surface area (Å²) < 4.78 is 0. The molecular formula is C12H15ClN2O2. The number of halogens is 1. The first-order valence-electron chi connectivity index (χ1n) is 5.74. The van der Waals surface area contributed by atoms with Gasteiger partial charge >= 0.3 is 5.97 Å². The van der Waals surface area contributed by atoms with Crippen molar-refractivity contribution in [2.45, 2.75) is 32.2 Å². The molecule has 1 aromatic rings. The van der Waals surface area contributed by atoms with Crippen LogP contribution in [0.3, 0.4) is 0 Å². The minimum atomic E-state index is -0.984. The third kappa shape index (κ3) is 2.69. The molecule has 2 rings (SSSR count). The highest BCUT2D eigenvalue weighted by molar-refractivity contribution is 6.29. The molecule has 17 heavy (non-hydrogen) atoms. The monoisotopic (exact) mass is 254 g/mol. The number of hydrogen-bond acceptors (Lipinski definition) is 3. The second kappa shape index (κ2) is 4.92. The first kappa shape index (κ1) is 12.2. The molecular weight excluding hydrogens is 240 g/mol. The van der Waals surface area contributed by atoms with Crippen molar-refractivity contribution in [2.75, 3.05) is 5.32 Å². The lowest BCUT2D eigenvalue weighted by atomic mass is 10.1. The molecule has 1 aliphatic carbocycles. The van der Waals surface area contributed by atoms with Crippen LogP contribution in [0.5, 0.6) is 0 Å². The third-order valence-corrected chi connectivity index (χ3v) is 3.49. The van der Waals surface area contributed by atoms with Crippen molar-refractivity contribution in [2.24, 2.45) is 5.92 Å². The first-order valence-corrected chi connectivity index (χ1v) is 6.12. The summed E-state index contributed by atoms with van der Waals surface area (Å²) in [5, 5.41) is 12.6. The van der Waals surface area contributed by atoms with E-state index in [-0.39, 0.29) is 5.56 Å². The van der Waals surface area contributed by atoms with Gasteiger partial charge in [-0.15, -0.1) is 0 Å². The molecule has 92 valence electrons. The summed E-state index contributed by atoms with van der Waals surface area (Å²) in [4.78, 5) is 15.1. The van der Waals surface area contributed by atoms with Crippen molar-refractivity contribution >= 4 is 23.4 Å². The van der Waals surface area contributed by atoms with Crippen LogP contribution in [-0.2, 0) is 0 Å². The Hall–Kier alpha value is -1.29. The van der Waals surface area contributed by atoms with E-state index in [4.69, 9.17) is 16.7 Å². The van der Waals surface area contributed by atoms with Crippen molar-refractivity contribution in [3.05, 3.63) is 22.8 Å². The molecule has 0 bridgehead atoms. The van der Waals surface area contributed by atoms with Gasteiger partial charge in [0.05, 0.1) is 0 Å². The summed E-state index contributed by atoms with van der Waals surface area (Å²) in [5.41, 5.74) is 0.175. The van der Waals surface area contributed by atoms with Crippen molar-refractivity contribution in [3.8, 4) is 0 Å². The van der Waals surface area contributed by atoms with E-state index in [0.717, 1.165) is 6.42 Å². The molecule has 2 unspecified atom stereocenters. The maximum Gasteiger partial charge on any atom is 0.339 e. The van der Waals surface area contributed by atoms with Crippen LogP contribution in [0.1, 0.15) is 36.5 Å². The number of rotatable bonds is 3. The van der Waals surface area contributed by atoms with Crippen LogP contribution in [0.4, 0.5) is 5.82 Å². The molecule has 0 aliphatic heterocycles. The summed E-state index contributed by atoms with van der Waals surface area (Å²) in [5.74, 6) is -0.0662. The predicted octanol–water partition coefficient (Wildman–Crippen LogP) is 3.03. The van der Waals surface area contributed by atoms with Crippen LogP contribution in [-0.4, -0.2) is 22.1 Å². The van der Waals surface area contributed by atoms with Gasteiger partial charge in [0.2, 0.25) is 0 Å². The smallest absolute Gasteiger partial charge is 0.339 e. The average molecular weight is 255 g/mol. The van der Waals surface area contributed by atoms with Crippen LogP contribution < -0.4 is 5.32 Å². The van der Waals surface area contributed by atoms with Crippen LogP contribution >= 0.6 is 11.6 Å². The summed E-state index contributed by atoms with van der Waals surface area (Å²) >= 11 is 5.80.